The van der Waals surface area contributed by atoms with Crippen molar-refractivity contribution in [3.8, 4) is 0 Å². The van der Waals surface area contributed by atoms with Crippen LogP contribution in [0.1, 0.15) is 23.6 Å². The van der Waals surface area contributed by atoms with Gasteiger partial charge in [-0.25, -0.2) is 8.42 Å². The van der Waals surface area contributed by atoms with Gasteiger partial charge in [-0.15, -0.1) is 0 Å². The molecule has 0 aromatic heterocycles. The molecule has 3 aromatic rings. The van der Waals surface area contributed by atoms with E-state index < -0.39 is 27.4 Å². The van der Waals surface area contributed by atoms with Crippen molar-refractivity contribution in [3.63, 3.8) is 0 Å². The molecule has 35 heavy (non-hydrogen) atoms. The first kappa shape index (κ1) is 24.6. The summed E-state index contributed by atoms with van der Waals surface area (Å²) in [5, 5.41) is 2.93. The van der Waals surface area contributed by atoms with Gasteiger partial charge in [-0.05, 0) is 50.1 Å². The van der Waals surface area contributed by atoms with Crippen molar-refractivity contribution in [2.75, 3.05) is 18.0 Å². The van der Waals surface area contributed by atoms with Crippen molar-refractivity contribution in [2.45, 2.75) is 37.8 Å². The van der Waals surface area contributed by atoms with Crippen molar-refractivity contribution in [1.29, 1.82) is 0 Å². The Hall–Kier alpha value is -3.49. The molecule has 1 heterocycles. The zero-order valence-electron chi connectivity index (χ0n) is 20.1. The van der Waals surface area contributed by atoms with Gasteiger partial charge in [0, 0.05) is 18.8 Å². The molecule has 0 unspecified atom stereocenters. The highest BCUT2D eigenvalue weighted by atomic mass is 32.2. The van der Waals surface area contributed by atoms with Crippen LogP contribution in [0.3, 0.4) is 0 Å². The number of anilines is 1. The molecule has 1 N–H and O–H groups in total. The summed E-state index contributed by atoms with van der Waals surface area (Å²) in [5.41, 5.74) is 1.96. The average Bonchev–Trinajstić information content (AvgIpc) is 2.84. The minimum absolute atomic E-state index is 0.0829. The van der Waals surface area contributed by atoms with E-state index in [4.69, 9.17) is 0 Å². The average molecular weight is 492 g/mol. The SMILES string of the molecule is Cc1ccc(CNC(=O)[C@@]2(C)CN(S(=O)(=O)c3ccccc3)CC(=O)N2c2ccccc2C)cc1. The molecule has 0 saturated carbocycles. The zero-order chi connectivity index (χ0) is 25.2. The third-order valence-corrected chi connectivity index (χ3v) is 8.14. The van der Waals surface area contributed by atoms with Crippen LogP contribution in [0.2, 0.25) is 0 Å². The van der Waals surface area contributed by atoms with Gasteiger partial charge in [0.2, 0.25) is 21.8 Å². The molecule has 0 aliphatic carbocycles. The molecule has 182 valence electrons. The first-order valence-corrected chi connectivity index (χ1v) is 12.8. The highest BCUT2D eigenvalue weighted by Crippen LogP contribution is 2.34. The van der Waals surface area contributed by atoms with Crippen molar-refractivity contribution in [1.82, 2.24) is 9.62 Å². The van der Waals surface area contributed by atoms with E-state index in [1.54, 1.807) is 37.3 Å². The number of carbonyl (C=O) groups excluding carboxylic acids is 2. The van der Waals surface area contributed by atoms with Crippen LogP contribution in [-0.4, -0.2) is 43.2 Å². The van der Waals surface area contributed by atoms with E-state index in [9.17, 15) is 18.0 Å². The Morgan fingerprint density at radius 2 is 1.57 bits per heavy atom. The molecule has 1 atom stereocenters. The maximum Gasteiger partial charge on any atom is 0.247 e. The van der Waals surface area contributed by atoms with Gasteiger partial charge in [0.15, 0.2) is 0 Å². The van der Waals surface area contributed by atoms with Crippen LogP contribution < -0.4 is 10.2 Å². The molecule has 1 fully saturated rings. The number of rotatable bonds is 6. The second-order valence-corrected chi connectivity index (χ2v) is 11.0. The van der Waals surface area contributed by atoms with Crippen LogP contribution in [0.25, 0.3) is 0 Å². The maximum atomic E-state index is 13.7. The highest BCUT2D eigenvalue weighted by Gasteiger charge is 2.51. The third kappa shape index (κ3) is 4.85. The number of nitrogens with zero attached hydrogens (tertiary/aromatic N) is 2. The number of carbonyl (C=O) groups is 2. The Balaban J connectivity index is 1.71. The summed E-state index contributed by atoms with van der Waals surface area (Å²) in [6.07, 6.45) is 0. The van der Waals surface area contributed by atoms with Crippen molar-refractivity contribution < 1.29 is 18.0 Å². The third-order valence-electron chi connectivity index (χ3n) is 6.34. The summed E-state index contributed by atoms with van der Waals surface area (Å²) in [4.78, 5) is 28.7. The fourth-order valence-electron chi connectivity index (χ4n) is 4.34. The van der Waals surface area contributed by atoms with E-state index >= 15 is 0 Å². The normalized spacial score (nSPS) is 18.9. The molecule has 1 aliphatic heterocycles. The first-order valence-electron chi connectivity index (χ1n) is 11.4. The monoisotopic (exact) mass is 491 g/mol. The van der Waals surface area contributed by atoms with Crippen LogP contribution in [0.4, 0.5) is 5.69 Å². The molecule has 0 bridgehead atoms. The lowest BCUT2D eigenvalue weighted by atomic mass is 9.93. The maximum absolute atomic E-state index is 13.7. The second kappa shape index (κ2) is 9.64. The number of nitrogens with one attached hydrogen (secondary N) is 1. The molecule has 1 saturated heterocycles. The Morgan fingerprint density at radius 1 is 0.943 bits per heavy atom. The van der Waals surface area contributed by atoms with Gasteiger partial charge >= 0.3 is 0 Å². The lowest BCUT2D eigenvalue weighted by molar-refractivity contribution is -0.133. The van der Waals surface area contributed by atoms with E-state index in [0.29, 0.717) is 5.69 Å². The fraction of sp³-hybridized carbons (Fsp3) is 0.259. The van der Waals surface area contributed by atoms with Crippen LogP contribution >= 0.6 is 0 Å². The molecule has 4 rings (SSSR count). The molecule has 0 radical (unpaired) electrons. The summed E-state index contributed by atoms with van der Waals surface area (Å²) in [6, 6.07) is 23.0. The molecule has 7 nitrogen and oxygen atoms in total. The number of amides is 2. The number of piperazine rings is 1. The van der Waals surface area contributed by atoms with Gasteiger partial charge in [0.1, 0.15) is 5.54 Å². The van der Waals surface area contributed by atoms with E-state index in [1.165, 1.54) is 17.0 Å². The predicted molar refractivity (Wildman–Crippen MR) is 135 cm³/mol. The Kier molecular flexibility index (Phi) is 6.78. The summed E-state index contributed by atoms with van der Waals surface area (Å²) in [6.45, 7) is 5.19. The van der Waals surface area contributed by atoms with Crippen molar-refractivity contribution in [2.24, 2.45) is 0 Å². The number of hydrogen-bond acceptors (Lipinski definition) is 4. The first-order chi connectivity index (χ1) is 16.6. The van der Waals surface area contributed by atoms with Crippen LogP contribution in [0.15, 0.2) is 83.8 Å². The second-order valence-electron chi connectivity index (χ2n) is 9.04. The molecule has 3 aromatic carbocycles. The van der Waals surface area contributed by atoms with Gasteiger partial charge in [0.25, 0.3) is 0 Å². The molecule has 0 spiro atoms. The minimum atomic E-state index is -3.98. The lowest BCUT2D eigenvalue weighted by Crippen LogP contribution is -2.70. The topological polar surface area (TPSA) is 86.8 Å². The van der Waals surface area contributed by atoms with Gasteiger partial charge in [-0.2, -0.15) is 4.31 Å². The largest absolute Gasteiger partial charge is 0.350 e. The molecule has 8 heteroatoms. The van der Waals surface area contributed by atoms with E-state index in [1.807, 2.05) is 50.2 Å². The van der Waals surface area contributed by atoms with Crippen LogP contribution in [-0.2, 0) is 26.2 Å². The predicted octanol–water partition coefficient (Wildman–Crippen LogP) is 3.42. The van der Waals surface area contributed by atoms with Crippen LogP contribution in [0.5, 0.6) is 0 Å². The lowest BCUT2D eigenvalue weighted by Gasteiger charge is -2.47. The Labute approximate surface area is 206 Å². The number of para-hydroxylation sites is 1. The summed E-state index contributed by atoms with van der Waals surface area (Å²) >= 11 is 0. The van der Waals surface area contributed by atoms with E-state index in [-0.39, 0.29) is 24.5 Å². The standard InChI is InChI=1S/C27H29N3O4S/c1-20-13-15-22(16-14-20)17-28-26(32)27(3)19-29(35(33,34)23-10-5-4-6-11-23)18-25(31)30(27)24-12-8-7-9-21(24)2/h4-16H,17-19H2,1-3H3,(H,28,32)/t27-/m1/s1. The highest BCUT2D eigenvalue weighted by molar-refractivity contribution is 7.89. The van der Waals surface area contributed by atoms with Crippen molar-refractivity contribution >= 4 is 27.5 Å². The van der Waals surface area contributed by atoms with Gasteiger partial charge in [-0.3, -0.25) is 14.5 Å². The summed E-state index contributed by atoms with van der Waals surface area (Å²) in [5.74, 6) is -0.888. The zero-order valence-corrected chi connectivity index (χ0v) is 20.9. The van der Waals surface area contributed by atoms with Gasteiger partial charge in [0.05, 0.1) is 11.4 Å². The molecule has 1 aliphatic rings. The smallest absolute Gasteiger partial charge is 0.247 e. The van der Waals surface area contributed by atoms with Crippen LogP contribution in [0, 0.1) is 13.8 Å². The molecular weight excluding hydrogens is 462 g/mol. The molecular formula is C27H29N3O4S. The number of aryl methyl sites for hydroxylation is 2. The van der Waals surface area contributed by atoms with Gasteiger partial charge < -0.3 is 5.32 Å². The molecule has 2 amide bonds. The van der Waals surface area contributed by atoms with E-state index in [2.05, 4.69) is 5.32 Å². The minimum Gasteiger partial charge on any atom is -0.350 e. The summed E-state index contributed by atoms with van der Waals surface area (Å²) in [7, 11) is -3.98. The number of hydrogen-bond donors (Lipinski definition) is 1. The van der Waals surface area contributed by atoms with Gasteiger partial charge in [-0.1, -0.05) is 66.2 Å². The fourth-order valence-corrected chi connectivity index (χ4v) is 5.85. The number of benzene rings is 3. The Bertz CT molecular complexity index is 1340. The summed E-state index contributed by atoms with van der Waals surface area (Å²) < 4.78 is 27.9. The van der Waals surface area contributed by atoms with E-state index in [0.717, 1.165) is 21.0 Å². The number of sulfonamides is 1. The Morgan fingerprint density at radius 3 is 2.23 bits per heavy atom. The quantitative estimate of drug-likeness (QED) is 0.573. The van der Waals surface area contributed by atoms with Crippen molar-refractivity contribution in [3.05, 3.63) is 95.6 Å².